The second kappa shape index (κ2) is 6.99. The van der Waals surface area contributed by atoms with Crippen molar-refractivity contribution in [2.45, 2.75) is 19.3 Å². The first kappa shape index (κ1) is 18.0. The van der Waals surface area contributed by atoms with E-state index >= 15 is 0 Å². The summed E-state index contributed by atoms with van der Waals surface area (Å²) >= 11 is 0. The molecule has 0 spiro atoms. The zero-order valence-electron chi connectivity index (χ0n) is 15.3. The monoisotopic (exact) mass is 381 g/mol. The second-order valence-electron chi connectivity index (χ2n) is 6.60. The van der Waals surface area contributed by atoms with Crippen molar-refractivity contribution in [3.05, 3.63) is 81.9 Å². The average molecular weight is 381 g/mol. The van der Waals surface area contributed by atoms with Gasteiger partial charge in [0.2, 0.25) is 0 Å². The molecular formula is C21H17F2N3O2. The van der Waals surface area contributed by atoms with Gasteiger partial charge in [0.1, 0.15) is 23.2 Å². The van der Waals surface area contributed by atoms with Gasteiger partial charge in [0.05, 0.1) is 12.8 Å². The number of methoxy groups -OCH3 is 1. The molecule has 0 aliphatic carbocycles. The minimum Gasteiger partial charge on any atom is -0.497 e. The Morgan fingerprint density at radius 1 is 1.11 bits per heavy atom. The van der Waals surface area contributed by atoms with Gasteiger partial charge in [-0.05, 0) is 42.8 Å². The lowest BCUT2D eigenvalue weighted by atomic mass is 9.90. The van der Waals surface area contributed by atoms with E-state index in [1.54, 1.807) is 26.2 Å². The van der Waals surface area contributed by atoms with Gasteiger partial charge in [-0.15, -0.1) is 0 Å². The molecule has 0 fully saturated rings. The second-order valence-corrected chi connectivity index (χ2v) is 6.60. The molecule has 0 bridgehead atoms. The van der Waals surface area contributed by atoms with E-state index < -0.39 is 17.6 Å². The van der Waals surface area contributed by atoms with Crippen LogP contribution in [0.2, 0.25) is 0 Å². The number of halogens is 2. The largest absolute Gasteiger partial charge is 0.497 e. The van der Waals surface area contributed by atoms with Crippen molar-refractivity contribution < 1.29 is 13.5 Å². The predicted octanol–water partition coefficient (Wildman–Crippen LogP) is 3.76. The molecule has 1 aliphatic rings. The lowest BCUT2D eigenvalue weighted by molar-refractivity contribution is 0.415. The molecule has 2 heterocycles. The molecule has 28 heavy (non-hydrogen) atoms. The highest BCUT2D eigenvalue weighted by molar-refractivity contribution is 5.89. The molecule has 1 unspecified atom stereocenters. The minimum atomic E-state index is -0.637. The number of hydrogen-bond acceptors (Lipinski definition) is 4. The van der Waals surface area contributed by atoms with E-state index in [4.69, 9.17) is 4.74 Å². The third-order valence-electron chi connectivity index (χ3n) is 4.84. The maximum absolute atomic E-state index is 14.3. The summed E-state index contributed by atoms with van der Waals surface area (Å²) in [5.41, 5.74) is 1.86. The number of rotatable bonds is 3. The molecule has 3 aromatic rings. The van der Waals surface area contributed by atoms with Gasteiger partial charge in [-0.1, -0.05) is 6.07 Å². The summed E-state index contributed by atoms with van der Waals surface area (Å²) in [4.78, 5) is 17.1. The average Bonchev–Trinajstić information content (AvgIpc) is 2.68. The third-order valence-corrected chi connectivity index (χ3v) is 4.84. The van der Waals surface area contributed by atoms with Crippen molar-refractivity contribution in [3.8, 4) is 17.0 Å². The van der Waals surface area contributed by atoms with Crippen molar-refractivity contribution in [1.82, 2.24) is 9.66 Å². The molecule has 0 amide bonds. The van der Waals surface area contributed by atoms with E-state index in [0.29, 0.717) is 28.5 Å². The number of fused-ring (bicyclic) bond motifs is 1. The molecule has 142 valence electrons. The fourth-order valence-corrected chi connectivity index (χ4v) is 3.35. The topological polar surface area (TPSA) is 56.5 Å². The normalized spacial score (nSPS) is 15.7. The van der Waals surface area contributed by atoms with Crippen LogP contribution < -0.4 is 10.3 Å². The smallest absolute Gasteiger partial charge is 0.274 e. The molecule has 5 nitrogen and oxygen atoms in total. The summed E-state index contributed by atoms with van der Waals surface area (Å²) in [5.74, 6) is -0.563. The summed E-state index contributed by atoms with van der Waals surface area (Å²) < 4.78 is 33.9. The fraction of sp³-hybridized carbons (Fsp3) is 0.190. The zero-order chi connectivity index (χ0) is 19.8. The molecule has 0 radical (unpaired) electrons. The highest BCUT2D eigenvalue weighted by Crippen LogP contribution is 2.29. The van der Waals surface area contributed by atoms with Gasteiger partial charge in [0.25, 0.3) is 5.56 Å². The summed E-state index contributed by atoms with van der Waals surface area (Å²) in [6, 6.07) is 12.1. The van der Waals surface area contributed by atoms with Crippen LogP contribution in [0, 0.1) is 11.6 Å². The van der Waals surface area contributed by atoms with Crippen LogP contribution in [0.25, 0.3) is 11.3 Å². The van der Waals surface area contributed by atoms with Crippen LogP contribution in [0.3, 0.4) is 0 Å². The number of ether oxygens (including phenoxy) is 1. The lowest BCUT2D eigenvalue weighted by Crippen LogP contribution is -2.30. The van der Waals surface area contributed by atoms with E-state index in [-0.39, 0.29) is 12.0 Å². The van der Waals surface area contributed by atoms with E-state index in [9.17, 15) is 13.6 Å². The van der Waals surface area contributed by atoms with Gasteiger partial charge in [0.15, 0.2) is 0 Å². The van der Waals surface area contributed by atoms with Crippen LogP contribution >= 0.6 is 0 Å². The Morgan fingerprint density at radius 2 is 1.86 bits per heavy atom. The number of nitrogens with zero attached hydrogens (tertiary/aromatic N) is 3. The predicted molar refractivity (Wildman–Crippen MR) is 102 cm³/mol. The van der Waals surface area contributed by atoms with Crippen molar-refractivity contribution in [3.63, 3.8) is 0 Å². The number of hydrogen-bond donors (Lipinski definition) is 0. The van der Waals surface area contributed by atoms with Gasteiger partial charge in [-0.25, -0.2) is 13.8 Å². The molecule has 2 aromatic carbocycles. The lowest BCUT2D eigenvalue weighted by Gasteiger charge is -2.24. The first-order valence-corrected chi connectivity index (χ1v) is 8.74. The van der Waals surface area contributed by atoms with Crippen molar-refractivity contribution in [1.29, 1.82) is 0 Å². The number of benzene rings is 2. The molecule has 1 atom stereocenters. The van der Waals surface area contributed by atoms with Crippen LogP contribution in [0.15, 0.2) is 58.4 Å². The van der Waals surface area contributed by atoms with Crippen molar-refractivity contribution >= 4 is 5.71 Å². The van der Waals surface area contributed by atoms with Gasteiger partial charge < -0.3 is 4.74 Å². The van der Waals surface area contributed by atoms with Crippen LogP contribution in [-0.2, 0) is 6.42 Å². The SMILES string of the molecule is COc1ccc(-c2cc(=O)n3c(n2)CC(c2ccc(F)cc2F)C(C)=N3)cc1. The zero-order valence-corrected chi connectivity index (χ0v) is 15.3. The highest BCUT2D eigenvalue weighted by Gasteiger charge is 2.27. The van der Waals surface area contributed by atoms with Crippen LogP contribution in [0.1, 0.15) is 24.2 Å². The summed E-state index contributed by atoms with van der Waals surface area (Å²) in [6.07, 6.45) is 0.289. The molecule has 0 N–H and O–H groups in total. The third kappa shape index (κ3) is 3.19. The fourth-order valence-electron chi connectivity index (χ4n) is 3.35. The standard InChI is InChI=1S/C21H17F2N3O2/c1-12-17(16-8-5-14(22)9-18(16)23)10-20-24-19(11-21(27)26(20)25-12)13-3-6-15(28-2)7-4-13/h3-9,11,17H,10H2,1-2H3. The Balaban J connectivity index is 1.76. The highest BCUT2D eigenvalue weighted by atomic mass is 19.1. The summed E-state index contributed by atoms with van der Waals surface area (Å²) in [5, 5.41) is 4.31. The Labute approximate surface area is 159 Å². The first-order valence-electron chi connectivity index (χ1n) is 8.74. The van der Waals surface area contributed by atoms with Gasteiger partial charge in [-0.3, -0.25) is 4.79 Å². The van der Waals surface area contributed by atoms with Crippen LogP contribution in [0.5, 0.6) is 5.75 Å². The van der Waals surface area contributed by atoms with E-state index in [0.717, 1.165) is 11.6 Å². The Hall–Kier alpha value is -3.35. The molecule has 0 saturated carbocycles. The van der Waals surface area contributed by atoms with Gasteiger partial charge >= 0.3 is 0 Å². The van der Waals surface area contributed by atoms with Gasteiger partial charge in [0, 0.05) is 35.7 Å². The van der Waals surface area contributed by atoms with E-state index in [1.165, 1.54) is 22.9 Å². The van der Waals surface area contributed by atoms with Gasteiger partial charge in [-0.2, -0.15) is 9.78 Å². The number of aromatic nitrogens is 2. The Morgan fingerprint density at radius 3 is 2.54 bits per heavy atom. The van der Waals surface area contributed by atoms with Crippen molar-refractivity contribution in [2.75, 3.05) is 7.11 Å². The van der Waals surface area contributed by atoms with Crippen LogP contribution in [-0.4, -0.2) is 22.5 Å². The maximum atomic E-state index is 14.3. The molecular weight excluding hydrogens is 364 g/mol. The molecule has 4 rings (SSSR count). The summed E-state index contributed by atoms with van der Waals surface area (Å²) in [6.45, 7) is 1.72. The van der Waals surface area contributed by atoms with Crippen molar-refractivity contribution in [2.24, 2.45) is 5.10 Å². The minimum absolute atomic E-state index is 0.289. The Kier molecular flexibility index (Phi) is 4.50. The van der Waals surface area contributed by atoms with E-state index in [1.807, 2.05) is 12.1 Å². The van der Waals surface area contributed by atoms with Crippen LogP contribution in [0.4, 0.5) is 8.78 Å². The molecule has 0 saturated heterocycles. The molecule has 1 aliphatic heterocycles. The molecule has 1 aromatic heterocycles. The Bertz CT molecular complexity index is 1140. The van der Waals surface area contributed by atoms with E-state index in [2.05, 4.69) is 10.1 Å². The quantitative estimate of drug-likeness (QED) is 0.694. The maximum Gasteiger partial charge on any atom is 0.274 e. The first-order chi connectivity index (χ1) is 13.5. The molecule has 7 heteroatoms. The summed E-state index contributed by atoms with van der Waals surface area (Å²) in [7, 11) is 1.58.